The first-order valence-electron chi connectivity index (χ1n) is 6.56. The lowest BCUT2D eigenvalue weighted by Gasteiger charge is -2.19. The summed E-state index contributed by atoms with van der Waals surface area (Å²) in [7, 11) is 1.86. The summed E-state index contributed by atoms with van der Waals surface area (Å²) in [6.07, 6.45) is 1.56. The molecule has 2 aromatic heterocycles. The van der Waals surface area contributed by atoms with Gasteiger partial charge in [0.15, 0.2) is 5.82 Å². The molecule has 0 saturated heterocycles. The maximum absolute atomic E-state index is 11.8. The van der Waals surface area contributed by atoms with E-state index in [9.17, 15) is 4.79 Å². The van der Waals surface area contributed by atoms with Crippen molar-refractivity contribution >= 4 is 28.8 Å². The third-order valence-corrected chi connectivity index (χ3v) is 3.71. The lowest BCUT2D eigenvalue weighted by atomic mass is 10.2. The Morgan fingerprint density at radius 3 is 2.90 bits per heavy atom. The van der Waals surface area contributed by atoms with E-state index in [0.717, 1.165) is 10.7 Å². The third-order valence-electron chi connectivity index (χ3n) is 2.89. The van der Waals surface area contributed by atoms with Crippen LogP contribution < -0.4 is 10.6 Å². The highest BCUT2D eigenvalue weighted by molar-refractivity contribution is 7.09. The molecule has 0 spiro atoms. The molecule has 21 heavy (non-hydrogen) atoms. The third kappa shape index (κ3) is 3.49. The van der Waals surface area contributed by atoms with Crippen LogP contribution in [0.4, 0.5) is 11.5 Å². The SMILES string of the molecule is CCOC(=O)c1ccnc(N(C)Cc2csc(C)n2)c1N. The number of nitrogens with two attached hydrogens (primary N) is 1. The maximum atomic E-state index is 11.8. The molecule has 0 aromatic carbocycles. The van der Waals surface area contributed by atoms with Gasteiger partial charge in [-0.05, 0) is 19.9 Å². The second-order valence-corrected chi connectivity index (χ2v) is 5.59. The van der Waals surface area contributed by atoms with Crippen LogP contribution in [0.25, 0.3) is 0 Å². The van der Waals surface area contributed by atoms with Crippen molar-refractivity contribution in [2.75, 3.05) is 24.3 Å². The first-order valence-corrected chi connectivity index (χ1v) is 7.44. The molecular formula is C14H18N4O2S. The number of pyridine rings is 1. The van der Waals surface area contributed by atoms with Crippen LogP contribution in [0, 0.1) is 6.92 Å². The first kappa shape index (κ1) is 15.2. The van der Waals surface area contributed by atoms with E-state index in [4.69, 9.17) is 10.5 Å². The molecule has 0 atom stereocenters. The van der Waals surface area contributed by atoms with Gasteiger partial charge in [-0.3, -0.25) is 0 Å². The molecule has 0 unspecified atom stereocenters. The molecule has 0 amide bonds. The Balaban J connectivity index is 2.23. The van der Waals surface area contributed by atoms with Crippen LogP contribution in [0.5, 0.6) is 0 Å². The number of carbonyl (C=O) groups is 1. The second kappa shape index (κ2) is 6.53. The average Bonchev–Trinajstić information content (AvgIpc) is 2.84. The normalized spacial score (nSPS) is 10.4. The molecule has 0 bridgehead atoms. The number of hydrogen-bond acceptors (Lipinski definition) is 7. The van der Waals surface area contributed by atoms with Gasteiger partial charge in [0.25, 0.3) is 0 Å². The molecular weight excluding hydrogens is 288 g/mol. The molecule has 7 heteroatoms. The number of rotatable bonds is 5. The summed E-state index contributed by atoms with van der Waals surface area (Å²) in [6.45, 7) is 4.60. The van der Waals surface area contributed by atoms with Gasteiger partial charge in [0.2, 0.25) is 0 Å². The summed E-state index contributed by atoms with van der Waals surface area (Å²) in [5, 5.41) is 3.01. The molecule has 2 heterocycles. The molecule has 2 aromatic rings. The highest BCUT2D eigenvalue weighted by Crippen LogP contribution is 2.25. The number of nitrogen functional groups attached to an aromatic ring is 1. The minimum absolute atomic E-state index is 0.309. The van der Waals surface area contributed by atoms with E-state index >= 15 is 0 Å². The largest absolute Gasteiger partial charge is 0.462 e. The molecule has 0 aliphatic carbocycles. The Kier molecular flexibility index (Phi) is 4.74. The van der Waals surface area contributed by atoms with Crippen molar-refractivity contribution in [3.05, 3.63) is 33.9 Å². The van der Waals surface area contributed by atoms with Crippen LogP contribution in [0.1, 0.15) is 28.0 Å². The van der Waals surface area contributed by atoms with E-state index in [0.29, 0.717) is 30.2 Å². The summed E-state index contributed by atoms with van der Waals surface area (Å²) < 4.78 is 4.99. The summed E-state index contributed by atoms with van der Waals surface area (Å²) in [5.41, 5.74) is 7.66. The van der Waals surface area contributed by atoms with Crippen molar-refractivity contribution < 1.29 is 9.53 Å². The Morgan fingerprint density at radius 2 is 2.29 bits per heavy atom. The monoisotopic (exact) mass is 306 g/mol. The smallest absolute Gasteiger partial charge is 0.340 e. The topological polar surface area (TPSA) is 81.3 Å². The Labute approximate surface area is 127 Å². The number of aromatic nitrogens is 2. The number of carbonyl (C=O) groups excluding carboxylic acids is 1. The minimum Gasteiger partial charge on any atom is -0.462 e. The summed E-state index contributed by atoms with van der Waals surface area (Å²) in [4.78, 5) is 22.4. The van der Waals surface area contributed by atoms with Gasteiger partial charge in [-0.2, -0.15) is 0 Å². The first-order chi connectivity index (χ1) is 10.0. The van der Waals surface area contributed by atoms with Gasteiger partial charge in [-0.1, -0.05) is 0 Å². The van der Waals surface area contributed by atoms with E-state index in [-0.39, 0.29) is 0 Å². The van der Waals surface area contributed by atoms with Crippen molar-refractivity contribution in [3.63, 3.8) is 0 Å². The lowest BCUT2D eigenvalue weighted by Crippen LogP contribution is -2.21. The molecule has 0 aliphatic heterocycles. The summed E-state index contributed by atoms with van der Waals surface area (Å²) in [5.74, 6) is 0.114. The molecule has 6 nitrogen and oxygen atoms in total. The van der Waals surface area contributed by atoms with E-state index in [1.165, 1.54) is 0 Å². The van der Waals surface area contributed by atoms with E-state index in [1.807, 2.05) is 24.3 Å². The quantitative estimate of drug-likeness (QED) is 0.853. The van der Waals surface area contributed by atoms with Gasteiger partial charge in [-0.15, -0.1) is 11.3 Å². The number of thiazole rings is 1. The fraction of sp³-hybridized carbons (Fsp3) is 0.357. The number of hydrogen-bond donors (Lipinski definition) is 1. The van der Waals surface area contributed by atoms with Crippen LogP contribution in [0.15, 0.2) is 17.6 Å². The van der Waals surface area contributed by atoms with Gasteiger partial charge in [0.05, 0.1) is 35.1 Å². The zero-order valence-corrected chi connectivity index (χ0v) is 13.1. The molecule has 112 valence electrons. The zero-order chi connectivity index (χ0) is 15.4. The maximum Gasteiger partial charge on any atom is 0.340 e. The number of esters is 1. The van der Waals surface area contributed by atoms with Gasteiger partial charge in [0.1, 0.15) is 0 Å². The Morgan fingerprint density at radius 1 is 1.52 bits per heavy atom. The van der Waals surface area contributed by atoms with E-state index in [1.54, 1.807) is 30.5 Å². The highest BCUT2D eigenvalue weighted by atomic mass is 32.1. The molecule has 2 N–H and O–H groups in total. The second-order valence-electron chi connectivity index (χ2n) is 4.53. The van der Waals surface area contributed by atoms with Crippen LogP contribution in [0.3, 0.4) is 0 Å². The average molecular weight is 306 g/mol. The molecule has 0 fully saturated rings. The fourth-order valence-electron chi connectivity index (χ4n) is 1.95. The molecule has 0 radical (unpaired) electrons. The predicted octanol–water partition coefficient (Wildman–Crippen LogP) is 2.24. The summed E-state index contributed by atoms with van der Waals surface area (Å²) >= 11 is 1.60. The van der Waals surface area contributed by atoms with Crippen molar-refractivity contribution in [3.8, 4) is 0 Å². The zero-order valence-electron chi connectivity index (χ0n) is 12.3. The van der Waals surface area contributed by atoms with Crippen molar-refractivity contribution in [2.24, 2.45) is 0 Å². The van der Waals surface area contributed by atoms with Crippen LogP contribution in [0.2, 0.25) is 0 Å². The van der Waals surface area contributed by atoms with E-state index < -0.39 is 5.97 Å². The van der Waals surface area contributed by atoms with E-state index in [2.05, 4.69) is 9.97 Å². The number of ether oxygens (including phenoxy) is 1. The van der Waals surface area contributed by atoms with Gasteiger partial charge in [0, 0.05) is 18.6 Å². The minimum atomic E-state index is -0.434. The fourth-order valence-corrected chi connectivity index (χ4v) is 2.56. The predicted molar refractivity (Wildman–Crippen MR) is 83.6 cm³/mol. The lowest BCUT2D eigenvalue weighted by molar-refractivity contribution is 0.0527. The van der Waals surface area contributed by atoms with Gasteiger partial charge >= 0.3 is 5.97 Å². The Bertz CT molecular complexity index is 642. The van der Waals surface area contributed by atoms with Crippen molar-refractivity contribution in [2.45, 2.75) is 20.4 Å². The standard InChI is InChI=1S/C14H18N4O2S/c1-4-20-14(19)11-5-6-16-13(12(11)15)18(3)7-10-8-21-9(2)17-10/h5-6,8H,4,7,15H2,1-3H3. The molecule has 0 aliphatic rings. The number of anilines is 2. The molecule has 2 rings (SSSR count). The van der Waals surface area contributed by atoms with Crippen molar-refractivity contribution in [1.29, 1.82) is 0 Å². The summed E-state index contributed by atoms with van der Waals surface area (Å²) in [6, 6.07) is 1.57. The van der Waals surface area contributed by atoms with Crippen molar-refractivity contribution in [1.82, 2.24) is 9.97 Å². The van der Waals surface area contributed by atoms with Crippen LogP contribution in [-0.4, -0.2) is 29.6 Å². The van der Waals surface area contributed by atoms with Gasteiger partial charge in [-0.25, -0.2) is 14.8 Å². The van der Waals surface area contributed by atoms with Crippen LogP contribution in [-0.2, 0) is 11.3 Å². The van der Waals surface area contributed by atoms with Gasteiger partial charge < -0.3 is 15.4 Å². The number of nitrogens with zero attached hydrogens (tertiary/aromatic N) is 3. The number of aryl methyl sites for hydroxylation is 1. The van der Waals surface area contributed by atoms with Crippen LogP contribution >= 0.6 is 11.3 Å². The Hall–Kier alpha value is -2.15. The molecule has 0 saturated carbocycles. The highest BCUT2D eigenvalue weighted by Gasteiger charge is 2.17.